The second-order valence-corrected chi connectivity index (χ2v) is 8.02. The number of methoxy groups -OCH3 is 1. The van der Waals surface area contributed by atoms with Gasteiger partial charge >= 0.3 is 0 Å². The Morgan fingerprint density at radius 1 is 1.13 bits per heavy atom. The molecule has 2 aromatic carbocycles. The van der Waals surface area contributed by atoms with Gasteiger partial charge in [-0.2, -0.15) is 0 Å². The molecule has 1 N–H and O–H groups in total. The Hall–Kier alpha value is -2.57. The van der Waals surface area contributed by atoms with E-state index in [1.807, 2.05) is 12.1 Å². The molecule has 1 unspecified atom stereocenters. The summed E-state index contributed by atoms with van der Waals surface area (Å²) in [7, 11) is 3.78. The summed E-state index contributed by atoms with van der Waals surface area (Å²) in [5.74, 6) is 0.686. The highest BCUT2D eigenvalue weighted by atomic mass is 16.5. The fourth-order valence-electron chi connectivity index (χ4n) is 4.39. The average Bonchev–Trinajstić information content (AvgIpc) is 2.80. The summed E-state index contributed by atoms with van der Waals surface area (Å²) in [5.41, 5.74) is 4.64. The fraction of sp³-hybridized carbons (Fsp3) is 0.458. The minimum absolute atomic E-state index is 0.0615. The minimum Gasteiger partial charge on any atom is -0.497 e. The molecule has 0 saturated carbocycles. The third-order valence-electron chi connectivity index (χ3n) is 6.13. The first-order chi connectivity index (χ1) is 14.7. The van der Waals surface area contributed by atoms with E-state index in [1.165, 1.54) is 23.2 Å². The van der Waals surface area contributed by atoms with Gasteiger partial charge in [0.1, 0.15) is 5.75 Å². The monoisotopic (exact) mass is 409 g/mol. The lowest BCUT2D eigenvalue weighted by molar-refractivity contribution is 0.0162. The summed E-state index contributed by atoms with van der Waals surface area (Å²) in [4.78, 5) is 17.5. The standard InChI is InChI=1S/C24H31N3O3/c1-26-11-3-4-19-16-20(7-10-22(19)26)23(27-12-14-30-15-13-27)17-25-24(28)18-5-8-21(29-2)9-6-18/h5-10,16,23H,3-4,11-15,17H2,1-2H3,(H,25,28). The van der Waals surface area contributed by atoms with Crippen molar-refractivity contribution in [2.24, 2.45) is 0 Å². The van der Waals surface area contributed by atoms with Gasteiger partial charge in [-0.25, -0.2) is 0 Å². The Kier molecular flexibility index (Phi) is 6.55. The molecule has 4 rings (SSSR count). The first-order valence-corrected chi connectivity index (χ1v) is 10.7. The van der Waals surface area contributed by atoms with Crippen molar-refractivity contribution in [1.82, 2.24) is 10.2 Å². The lowest BCUT2D eigenvalue weighted by Crippen LogP contribution is -2.44. The van der Waals surface area contributed by atoms with E-state index in [0.717, 1.165) is 45.0 Å². The number of amides is 1. The third kappa shape index (κ3) is 4.60. The zero-order valence-electron chi connectivity index (χ0n) is 17.9. The van der Waals surface area contributed by atoms with Crippen LogP contribution in [0.5, 0.6) is 5.75 Å². The van der Waals surface area contributed by atoms with Crippen LogP contribution in [0.1, 0.15) is 33.9 Å². The summed E-state index contributed by atoms with van der Waals surface area (Å²) in [6.07, 6.45) is 2.30. The van der Waals surface area contributed by atoms with Gasteiger partial charge < -0.3 is 19.7 Å². The molecule has 1 saturated heterocycles. The van der Waals surface area contributed by atoms with Gasteiger partial charge in [-0.05, 0) is 54.3 Å². The van der Waals surface area contributed by atoms with Gasteiger partial charge in [0, 0.05) is 44.5 Å². The van der Waals surface area contributed by atoms with Crippen LogP contribution in [0, 0.1) is 0 Å². The van der Waals surface area contributed by atoms with E-state index in [0.29, 0.717) is 12.1 Å². The summed E-state index contributed by atoms with van der Waals surface area (Å²) in [5, 5.41) is 3.15. The molecule has 1 atom stereocenters. The van der Waals surface area contributed by atoms with Crippen LogP contribution in [0.2, 0.25) is 0 Å². The van der Waals surface area contributed by atoms with Crippen LogP contribution in [0.25, 0.3) is 0 Å². The van der Waals surface area contributed by atoms with Crippen molar-refractivity contribution in [1.29, 1.82) is 0 Å². The molecule has 2 heterocycles. The molecule has 2 aromatic rings. The van der Waals surface area contributed by atoms with Crippen molar-refractivity contribution >= 4 is 11.6 Å². The Morgan fingerprint density at radius 2 is 1.90 bits per heavy atom. The zero-order chi connectivity index (χ0) is 20.9. The first kappa shape index (κ1) is 20.7. The second-order valence-electron chi connectivity index (χ2n) is 8.02. The topological polar surface area (TPSA) is 54.0 Å². The van der Waals surface area contributed by atoms with Crippen molar-refractivity contribution in [3.8, 4) is 5.75 Å². The maximum Gasteiger partial charge on any atom is 0.251 e. The van der Waals surface area contributed by atoms with E-state index in [2.05, 4.69) is 40.4 Å². The van der Waals surface area contributed by atoms with E-state index in [4.69, 9.17) is 9.47 Å². The quantitative estimate of drug-likeness (QED) is 0.795. The van der Waals surface area contributed by atoms with Crippen LogP contribution >= 0.6 is 0 Å². The van der Waals surface area contributed by atoms with Gasteiger partial charge in [0.15, 0.2) is 0 Å². The molecule has 0 spiro atoms. The number of anilines is 1. The van der Waals surface area contributed by atoms with Crippen molar-refractivity contribution < 1.29 is 14.3 Å². The van der Waals surface area contributed by atoms with Crippen molar-refractivity contribution in [2.75, 3.05) is 58.5 Å². The molecule has 2 aliphatic heterocycles. The van der Waals surface area contributed by atoms with Crippen LogP contribution in [0.3, 0.4) is 0 Å². The molecule has 2 aliphatic rings. The number of carbonyl (C=O) groups is 1. The molecule has 0 aliphatic carbocycles. The van der Waals surface area contributed by atoms with E-state index in [-0.39, 0.29) is 11.9 Å². The molecule has 0 aromatic heterocycles. The van der Waals surface area contributed by atoms with Crippen molar-refractivity contribution in [3.63, 3.8) is 0 Å². The van der Waals surface area contributed by atoms with Gasteiger partial charge in [-0.15, -0.1) is 0 Å². The number of benzene rings is 2. The predicted molar refractivity (Wildman–Crippen MR) is 118 cm³/mol. The number of rotatable bonds is 6. The Morgan fingerprint density at radius 3 is 2.63 bits per heavy atom. The maximum absolute atomic E-state index is 12.7. The number of nitrogens with one attached hydrogen (secondary N) is 1. The summed E-state index contributed by atoms with van der Waals surface area (Å²) in [6.45, 7) is 4.89. The molecular weight excluding hydrogens is 378 g/mol. The molecule has 1 fully saturated rings. The number of ether oxygens (including phenoxy) is 2. The lowest BCUT2D eigenvalue weighted by Gasteiger charge is -2.36. The molecule has 1 amide bonds. The molecular formula is C24H31N3O3. The van der Waals surface area contributed by atoms with E-state index >= 15 is 0 Å². The lowest BCUT2D eigenvalue weighted by atomic mass is 9.95. The van der Waals surface area contributed by atoms with E-state index in [1.54, 1.807) is 19.2 Å². The van der Waals surface area contributed by atoms with E-state index < -0.39 is 0 Å². The van der Waals surface area contributed by atoms with Crippen molar-refractivity contribution in [2.45, 2.75) is 18.9 Å². The van der Waals surface area contributed by atoms with Gasteiger partial charge in [0.2, 0.25) is 0 Å². The van der Waals surface area contributed by atoms with Crippen LogP contribution in [-0.4, -0.2) is 64.4 Å². The highest BCUT2D eigenvalue weighted by molar-refractivity contribution is 5.94. The normalized spacial score (nSPS) is 17.9. The molecule has 0 bridgehead atoms. The Bertz CT molecular complexity index is 862. The number of hydrogen-bond acceptors (Lipinski definition) is 5. The predicted octanol–water partition coefficient (Wildman–Crippen LogP) is 2.88. The molecule has 6 nitrogen and oxygen atoms in total. The Labute approximate surface area is 178 Å². The summed E-state index contributed by atoms with van der Waals surface area (Å²) in [6, 6.07) is 14.2. The van der Waals surface area contributed by atoms with Crippen molar-refractivity contribution in [3.05, 3.63) is 59.2 Å². The Balaban J connectivity index is 1.52. The highest BCUT2D eigenvalue weighted by Gasteiger charge is 2.25. The van der Waals surface area contributed by atoms with Gasteiger partial charge in [-0.3, -0.25) is 9.69 Å². The molecule has 0 radical (unpaired) electrons. The molecule has 6 heteroatoms. The molecule has 160 valence electrons. The maximum atomic E-state index is 12.7. The van der Waals surface area contributed by atoms with E-state index in [9.17, 15) is 4.79 Å². The first-order valence-electron chi connectivity index (χ1n) is 10.7. The number of fused-ring (bicyclic) bond motifs is 1. The minimum atomic E-state index is -0.0615. The zero-order valence-corrected chi connectivity index (χ0v) is 17.9. The van der Waals surface area contributed by atoms with Crippen LogP contribution in [-0.2, 0) is 11.2 Å². The SMILES string of the molecule is COc1ccc(C(=O)NCC(c2ccc3c(c2)CCCN3C)N2CCOCC2)cc1. The number of aryl methyl sites for hydroxylation is 1. The van der Waals surface area contributed by atoms with Gasteiger partial charge in [0.25, 0.3) is 5.91 Å². The van der Waals surface area contributed by atoms with Crippen LogP contribution in [0.4, 0.5) is 5.69 Å². The highest BCUT2D eigenvalue weighted by Crippen LogP contribution is 2.31. The average molecular weight is 410 g/mol. The number of nitrogens with zero attached hydrogens (tertiary/aromatic N) is 2. The van der Waals surface area contributed by atoms with Gasteiger partial charge in [0.05, 0.1) is 26.4 Å². The largest absolute Gasteiger partial charge is 0.497 e. The van der Waals surface area contributed by atoms with Gasteiger partial charge in [-0.1, -0.05) is 12.1 Å². The third-order valence-corrected chi connectivity index (χ3v) is 6.13. The van der Waals surface area contributed by atoms with Crippen LogP contribution in [0.15, 0.2) is 42.5 Å². The summed E-state index contributed by atoms with van der Waals surface area (Å²) < 4.78 is 10.7. The number of carbonyl (C=O) groups excluding carboxylic acids is 1. The number of hydrogen-bond donors (Lipinski definition) is 1. The summed E-state index contributed by atoms with van der Waals surface area (Å²) >= 11 is 0. The molecule has 30 heavy (non-hydrogen) atoms. The van der Waals surface area contributed by atoms with Crippen LogP contribution < -0.4 is 15.0 Å². The fourth-order valence-corrected chi connectivity index (χ4v) is 4.39. The number of morpholine rings is 1. The smallest absolute Gasteiger partial charge is 0.251 e. The second kappa shape index (κ2) is 9.49.